The van der Waals surface area contributed by atoms with Crippen LogP contribution in [-0.4, -0.2) is 58.5 Å². The Hall–Kier alpha value is -2.64. The lowest BCUT2D eigenvalue weighted by Gasteiger charge is -2.40. The average molecular weight is 483 g/mol. The highest BCUT2D eigenvalue weighted by Crippen LogP contribution is 2.25. The fourth-order valence-electron chi connectivity index (χ4n) is 4.51. The minimum atomic E-state index is -0.341. The Morgan fingerprint density at radius 2 is 1.97 bits per heavy atom. The Kier molecular flexibility index (Phi) is 6.25. The number of benzene rings is 2. The Labute approximate surface area is 202 Å². The molecular weight excluding hydrogens is 459 g/mol. The molecule has 1 amide bonds. The van der Waals surface area contributed by atoms with Crippen LogP contribution >= 0.6 is 23.2 Å². The number of aromatic amines is 1. The van der Waals surface area contributed by atoms with Crippen molar-refractivity contribution in [2.24, 2.45) is 0 Å². The quantitative estimate of drug-likeness (QED) is 0.425. The van der Waals surface area contributed by atoms with Crippen molar-refractivity contribution < 1.29 is 9.53 Å². The van der Waals surface area contributed by atoms with E-state index < -0.39 is 0 Å². The van der Waals surface area contributed by atoms with Crippen LogP contribution in [0.2, 0.25) is 10.0 Å². The van der Waals surface area contributed by atoms with Crippen molar-refractivity contribution in [1.82, 2.24) is 19.8 Å². The zero-order chi connectivity index (χ0) is 22.9. The van der Waals surface area contributed by atoms with Gasteiger partial charge in [0, 0.05) is 66.5 Å². The maximum absolute atomic E-state index is 13.4. The molecule has 33 heavy (non-hydrogen) atoms. The molecule has 0 bridgehead atoms. The van der Waals surface area contributed by atoms with Gasteiger partial charge in [0.15, 0.2) is 0 Å². The first-order chi connectivity index (χ1) is 16.0. The average Bonchev–Trinajstić information content (AvgIpc) is 3.19. The summed E-state index contributed by atoms with van der Waals surface area (Å²) in [5.41, 5.74) is 3.95. The molecule has 0 radical (unpaired) electrons. The van der Waals surface area contributed by atoms with Gasteiger partial charge in [-0.2, -0.15) is 0 Å². The van der Waals surface area contributed by atoms with Gasteiger partial charge in [-0.3, -0.25) is 14.7 Å². The molecule has 2 aromatic heterocycles. The smallest absolute Gasteiger partial charge is 0.242 e. The third-order valence-corrected chi connectivity index (χ3v) is 6.72. The van der Waals surface area contributed by atoms with Crippen LogP contribution in [-0.2, 0) is 22.6 Å². The molecule has 1 saturated heterocycles. The molecule has 1 fully saturated rings. The summed E-state index contributed by atoms with van der Waals surface area (Å²) in [5.74, 6) is 0.0707. The minimum absolute atomic E-state index is 0.0707. The second-order valence-corrected chi connectivity index (χ2v) is 9.22. The number of carbonyl (C=O) groups excluding carboxylic acids is 1. The van der Waals surface area contributed by atoms with Crippen molar-refractivity contribution in [3.05, 3.63) is 76.0 Å². The van der Waals surface area contributed by atoms with Gasteiger partial charge < -0.3 is 14.6 Å². The van der Waals surface area contributed by atoms with Crippen LogP contribution in [0.5, 0.6) is 0 Å². The molecule has 170 valence electrons. The molecule has 1 aliphatic heterocycles. The van der Waals surface area contributed by atoms with Crippen molar-refractivity contribution in [2.45, 2.75) is 19.1 Å². The van der Waals surface area contributed by atoms with E-state index in [1.165, 1.54) is 0 Å². The topological polar surface area (TPSA) is 61.5 Å². The number of halogens is 2. The van der Waals surface area contributed by atoms with E-state index in [-0.39, 0.29) is 11.9 Å². The number of aromatic nitrogens is 2. The summed E-state index contributed by atoms with van der Waals surface area (Å²) in [4.78, 5) is 25.3. The summed E-state index contributed by atoms with van der Waals surface area (Å²) in [6, 6.07) is 15.3. The number of nitrogens with one attached hydrogen (secondary N) is 1. The van der Waals surface area contributed by atoms with Gasteiger partial charge in [0.2, 0.25) is 5.91 Å². The van der Waals surface area contributed by atoms with Crippen LogP contribution in [0.3, 0.4) is 0 Å². The van der Waals surface area contributed by atoms with E-state index in [1.54, 1.807) is 19.4 Å². The third-order valence-electron chi connectivity index (χ3n) is 6.16. The minimum Gasteiger partial charge on any atom is -0.383 e. The number of rotatable bonds is 6. The fraction of sp³-hybridized carbons (Fsp3) is 0.280. The summed E-state index contributed by atoms with van der Waals surface area (Å²) in [6.45, 7) is 2.91. The molecule has 0 aliphatic carbocycles. The van der Waals surface area contributed by atoms with Gasteiger partial charge in [-0.05, 0) is 42.0 Å². The van der Waals surface area contributed by atoms with E-state index in [1.807, 2.05) is 41.3 Å². The number of amides is 1. The summed E-state index contributed by atoms with van der Waals surface area (Å²) < 4.78 is 5.42. The first-order valence-electron chi connectivity index (χ1n) is 10.8. The second kappa shape index (κ2) is 9.31. The predicted molar refractivity (Wildman–Crippen MR) is 132 cm³/mol. The molecule has 0 saturated carbocycles. The van der Waals surface area contributed by atoms with Crippen molar-refractivity contribution in [3.63, 3.8) is 0 Å². The number of hydrogen-bond donors (Lipinski definition) is 1. The zero-order valence-electron chi connectivity index (χ0n) is 18.2. The molecule has 1 aliphatic rings. The predicted octanol–water partition coefficient (Wildman–Crippen LogP) is 4.88. The van der Waals surface area contributed by atoms with E-state index in [9.17, 15) is 4.79 Å². The number of pyridine rings is 1. The van der Waals surface area contributed by atoms with Crippen LogP contribution in [0.1, 0.15) is 11.3 Å². The third kappa shape index (κ3) is 4.57. The lowest BCUT2D eigenvalue weighted by molar-refractivity contribution is -0.145. The molecular formula is C25H24Cl2N4O2. The molecule has 4 aromatic rings. The molecule has 1 N–H and O–H groups in total. The van der Waals surface area contributed by atoms with E-state index in [4.69, 9.17) is 27.9 Å². The molecule has 3 heterocycles. The Morgan fingerprint density at radius 1 is 1.09 bits per heavy atom. The number of ether oxygens (including phenoxy) is 1. The van der Waals surface area contributed by atoms with Crippen LogP contribution in [0.15, 0.2) is 54.7 Å². The van der Waals surface area contributed by atoms with Crippen LogP contribution in [0.4, 0.5) is 0 Å². The first-order valence-corrected chi connectivity index (χ1v) is 11.6. The molecule has 1 unspecified atom stereocenters. The van der Waals surface area contributed by atoms with Crippen LogP contribution < -0.4 is 0 Å². The van der Waals surface area contributed by atoms with Gasteiger partial charge >= 0.3 is 0 Å². The Morgan fingerprint density at radius 3 is 2.82 bits per heavy atom. The Balaban J connectivity index is 1.33. The monoisotopic (exact) mass is 482 g/mol. The number of methoxy groups -OCH3 is 1. The van der Waals surface area contributed by atoms with Crippen LogP contribution in [0, 0.1) is 0 Å². The van der Waals surface area contributed by atoms with Gasteiger partial charge in [0.05, 0.1) is 17.1 Å². The van der Waals surface area contributed by atoms with Gasteiger partial charge in [-0.25, -0.2) is 0 Å². The number of piperazine rings is 1. The summed E-state index contributed by atoms with van der Waals surface area (Å²) in [5, 5.41) is 3.36. The second-order valence-electron chi connectivity index (χ2n) is 8.37. The maximum atomic E-state index is 13.4. The fourth-order valence-corrected chi connectivity index (χ4v) is 4.90. The summed E-state index contributed by atoms with van der Waals surface area (Å²) >= 11 is 12.4. The van der Waals surface area contributed by atoms with E-state index >= 15 is 0 Å². The number of nitrogens with zero attached hydrogens (tertiary/aromatic N) is 3. The highest BCUT2D eigenvalue weighted by molar-refractivity contribution is 6.35. The normalized spacial score (nSPS) is 17.4. The molecule has 0 spiro atoms. The van der Waals surface area contributed by atoms with E-state index in [0.29, 0.717) is 36.3 Å². The van der Waals surface area contributed by atoms with Crippen molar-refractivity contribution in [1.29, 1.82) is 0 Å². The lowest BCUT2D eigenvalue weighted by Crippen LogP contribution is -2.57. The van der Waals surface area contributed by atoms with E-state index in [2.05, 4.69) is 20.9 Å². The number of hydrogen-bond acceptors (Lipinski definition) is 4. The van der Waals surface area contributed by atoms with Gasteiger partial charge in [0.1, 0.15) is 6.04 Å². The Bertz CT molecular complexity index is 1320. The molecule has 6 nitrogen and oxygen atoms in total. The number of H-pyrrole nitrogens is 1. The number of fused-ring (bicyclic) bond motifs is 2. The highest BCUT2D eigenvalue weighted by Gasteiger charge is 2.35. The molecule has 1 atom stereocenters. The van der Waals surface area contributed by atoms with Crippen molar-refractivity contribution >= 4 is 50.9 Å². The van der Waals surface area contributed by atoms with Gasteiger partial charge in [-0.1, -0.05) is 35.3 Å². The highest BCUT2D eigenvalue weighted by atomic mass is 35.5. The molecule has 5 rings (SSSR count). The van der Waals surface area contributed by atoms with Crippen molar-refractivity contribution in [3.8, 4) is 0 Å². The molecule has 2 aromatic carbocycles. The lowest BCUT2D eigenvalue weighted by atomic mass is 10.1. The summed E-state index contributed by atoms with van der Waals surface area (Å²) in [6.07, 6.45) is 1.70. The largest absolute Gasteiger partial charge is 0.383 e. The van der Waals surface area contributed by atoms with Gasteiger partial charge in [0.25, 0.3) is 0 Å². The maximum Gasteiger partial charge on any atom is 0.242 e. The SMILES string of the molecule is COCC1C(=O)N(Cc2ccc3c(Cl)ccnc3c2)CCN1Cc1cc2cc(Cl)ccc2[nH]1. The standard InChI is InChI=1S/C25H24Cl2N4O2/c1-33-15-24-25(32)31(13-16-2-4-20-21(27)6-7-28-23(20)10-16)9-8-30(24)14-19-12-17-11-18(26)3-5-22(17)29-19/h2-7,10-12,24,29H,8-9,13-15H2,1H3. The summed E-state index contributed by atoms with van der Waals surface area (Å²) in [7, 11) is 1.63. The van der Waals surface area contributed by atoms with Crippen LogP contribution in [0.25, 0.3) is 21.8 Å². The van der Waals surface area contributed by atoms with Crippen molar-refractivity contribution in [2.75, 3.05) is 26.8 Å². The number of carbonyl (C=O) groups is 1. The van der Waals surface area contributed by atoms with Gasteiger partial charge in [-0.15, -0.1) is 0 Å². The zero-order valence-corrected chi connectivity index (χ0v) is 19.7. The first kappa shape index (κ1) is 22.2. The van der Waals surface area contributed by atoms with E-state index in [0.717, 1.165) is 39.6 Å². The molecule has 8 heteroatoms.